The van der Waals surface area contributed by atoms with E-state index in [-0.39, 0.29) is 5.41 Å². The summed E-state index contributed by atoms with van der Waals surface area (Å²) in [6, 6.07) is 14.8. The van der Waals surface area contributed by atoms with Crippen LogP contribution in [0.4, 0.5) is 0 Å². The van der Waals surface area contributed by atoms with E-state index in [1.165, 1.54) is 11.1 Å². The van der Waals surface area contributed by atoms with Crippen LogP contribution in [-0.2, 0) is 5.41 Å². The van der Waals surface area contributed by atoms with Crippen LogP contribution >= 0.6 is 0 Å². The van der Waals surface area contributed by atoms with E-state index in [1.807, 2.05) is 12.3 Å². The summed E-state index contributed by atoms with van der Waals surface area (Å²) in [5, 5.41) is 0. The average Bonchev–Trinajstić information content (AvgIpc) is 2.47. The van der Waals surface area contributed by atoms with Crippen molar-refractivity contribution in [1.82, 2.24) is 4.98 Å². The SMILES string of the molecule is CCC(C)(CC)c1ccnc(-c2ccccc2)c1. The molecular weight excluding hydrogens is 218 g/mol. The first-order chi connectivity index (χ1) is 8.69. The molecule has 2 aromatic rings. The van der Waals surface area contributed by atoms with Crippen LogP contribution in [0.15, 0.2) is 48.7 Å². The molecule has 0 aliphatic carbocycles. The maximum absolute atomic E-state index is 4.49. The van der Waals surface area contributed by atoms with E-state index in [2.05, 4.69) is 62.2 Å². The third-order valence-electron chi connectivity index (χ3n) is 4.09. The predicted octanol–water partition coefficient (Wildman–Crippen LogP) is 4.83. The molecule has 0 fully saturated rings. The first-order valence-electron chi connectivity index (χ1n) is 6.71. The van der Waals surface area contributed by atoms with Gasteiger partial charge in [0.2, 0.25) is 0 Å². The molecule has 2 rings (SSSR count). The molecule has 0 N–H and O–H groups in total. The van der Waals surface area contributed by atoms with Gasteiger partial charge in [-0.2, -0.15) is 0 Å². The molecule has 94 valence electrons. The van der Waals surface area contributed by atoms with Gasteiger partial charge in [-0.1, -0.05) is 51.1 Å². The number of hydrogen-bond acceptors (Lipinski definition) is 1. The van der Waals surface area contributed by atoms with E-state index in [1.54, 1.807) is 0 Å². The molecule has 0 saturated carbocycles. The second-order valence-corrected chi connectivity index (χ2v) is 5.06. The van der Waals surface area contributed by atoms with E-state index < -0.39 is 0 Å². The van der Waals surface area contributed by atoms with Crippen LogP contribution in [0.25, 0.3) is 11.3 Å². The molecule has 0 saturated heterocycles. The zero-order valence-electron chi connectivity index (χ0n) is 11.5. The van der Waals surface area contributed by atoms with Gasteiger partial charge in [0, 0.05) is 11.8 Å². The molecule has 0 aliphatic rings. The quantitative estimate of drug-likeness (QED) is 0.745. The lowest BCUT2D eigenvalue weighted by molar-refractivity contribution is 0.438. The highest BCUT2D eigenvalue weighted by Gasteiger charge is 2.22. The Morgan fingerprint density at radius 3 is 2.28 bits per heavy atom. The highest BCUT2D eigenvalue weighted by Crippen LogP contribution is 2.32. The van der Waals surface area contributed by atoms with E-state index in [0.29, 0.717) is 0 Å². The molecule has 0 bridgehead atoms. The van der Waals surface area contributed by atoms with E-state index in [9.17, 15) is 0 Å². The zero-order chi connectivity index (χ0) is 13.0. The molecule has 1 aromatic heterocycles. The molecule has 0 radical (unpaired) electrons. The molecule has 18 heavy (non-hydrogen) atoms. The summed E-state index contributed by atoms with van der Waals surface area (Å²) in [7, 11) is 0. The van der Waals surface area contributed by atoms with Crippen LogP contribution in [0.3, 0.4) is 0 Å². The Labute approximate surface area is 110 Å². The molecule has 0 spiro atoms. The van der Waals surface area contributed by atoms with Crippen LogP contribution in [0, 0.1) is 0 Å². The van der Waals surface area contributed by atoms with Gasteiger partial charge in [-0.25, -0.2) is 0 Å². The predicted molar refractivity (Wildman–Crippen MR) is 77.6 cm³/mol. The Morgan fingerprint density at radius 2 is 1.67 bits per heavy atom. The molecular formula is C17H21N. The van der Waals surface area contributed by atoms with Crippen molar-refractivity contribution < 1.29 is 0 Å². The fraction of sp³-hybridized carbons (Fsp3) is 0.353. The minimum absolute atomic E-state index is 0.256. The van der Waals surface area contributed by atoms with Crippen molar-refractivity contribution in [1.29, 1.82) is 0 Å². The number of rotatable bonds is 4. The van der Waals surface area contributed by atoms with Crippen molar-refractivity contribution in [2.24, 2.45) is 0 Å². The summed E-state index contributed by atoms with van der Waals surface area (Å²) < 4.78 is 0. The molecule has 0 atom stereocenters. The van der Waals surface area contributed by atoms with E-state index in [4.69, 9.17) is 0 Å². The zero-order valence-corrected chi connectivity index (χ0v) is 11.5. The highest BCUT2D eigenvalue weighted by molar-refractivity contribution is 5.59. The normalized spacial score (nSPS) is 11.5. The first kappa shape index (κ1) is 12.8. The fourth-order valence-corrected chi connectivity index (χ4v) is 2.23. The number of pyridine rings is 1. The molecule has 1 nitrogen and oxygen atoms in total. The van der Waals surface area contributed by atoms with Gasteiger partial charge in [-0.3, -0.25) is 4.98 Å². The Kier molecular flexibility index (Phi) is 3.81. The monoisotopic (exact) mass is 239 g/mol. The maximum Gasteiger partial charge on any atom is 0.0704 e. The summed E-state index contributed by atoms with van der Waals surface area (Å²) in [6.45, 7) is 6.84. The number of nitrogens with zero attached hydrogens (tertiary/aromatic N) is 1. The van der Waals surface area contributed by atoms with Crippen molar-refractivity contribution in [3.63, 3.8) is 0 Å². The summed E-state index contributed by atoms with van der Waals surface area (Å²) in [4.78, 5) is 4.49. The van der Waals surface area contributed by atoms with E-state index in [0.717, 1.165) is 18.5 Å². The minimum atomic E-state index is 0.256. The van der Waals surface area contributed by atoms with Crippen LogP contribution < -0.4 is 0 Å². The summed E-state index contributed by atoms with van der Waals surface area (Å²) in [5.41, 5.74) is 3.91. The van der Waals surface area contributed by atoms with Gasteiger partial charge in [0.1, 0.15) is 0 Å². The van der Waals surface area contributed by atoms with Crippen molar-refractivity contribution in [2.45, 2.75) is 39.0 Å². The Hall–Kier alpha value is -1.63. The lowest BCUT2D eigenvalue weighted by atomic mass is 9.78. The topological polar surface area (TPSA) is 12.9 Å². The third-order valence-corrected chi connectivity index (χ3v) is 4.09. The van der Waals surface area contributed by atoms with Gasteiger partial charge in [0.05, 0.1) is 5.69 Å². The van der Waals surface area contributed by atoms with Gasteiger partial charge in [0.25, 0.3) is 0 Å². The molecule has 1 heteroatoms. The van der Waals surface area contributed by atoms with Gasteiger partial charge in [-0.15, -0.1) is 0 Å². The van der Waals surface area contributed by atoms with Gasteiger partial charge >= 0.3 is 0 Å². The Morgan fingerprint density at radius 1 is 1.00 bits per heavy atom. The molecule has 0 unspecified atom stereocenters. The van der Waals surface area contributed by atoms with Crippen LogP contribution in [0.5, 0.6) is 0 Å². The molecule has 1 aromatic carbocycles. The number of hydrogen-bond donors (Lipinski definition) is 0. The molecule has 0 amide bonds. The Balaban J connectivity index is 2.43. The van der Waals surface area contributed by atoms with Gasteiger partial charge in [0.15, 0.2) is 0 Å². The van der Waals surface area contributed by atoms with Crippen LogP contribution in [-0.4, -0.2) is 4.98 Å². The standard InChI is InChI=1S/C17H21N/c1-4-17(3,5-2)15-11-12-18-16(13-15)14-9-7-6-8-10-14/h6-13H,4-5H2,1-3H3. The fourth-order valence-electron chi connectivity index (χ4n) is 2.23. The average molecular weight is 239 g/mol. The van der Waals surface area contributed by atoms with Crippen molar-refractivity contribution in [3.05, 3.63) is 54.2 Å². The van der Waals surface area contributed by atoms with Crippen molar-refractivity contribution in [2.75, 3.05) is 0 Å². The van der Waals surface area contributed by atoms with Crippen molar-refractivity contribution >= 4 is 0 Å². The van der Waals surface area contributed by atoms with Gasteiger partial charge in [-0.05, 0) is 36.0 Å². The van der Waals surface area contributed by atoms with Crippen molar-refractivity contribution in [3.8, 4) is 11.3 Å². The second-order valence-electron chi connectivity index (χ2n) is 5.06. The maximum atomic E-state index is 4.49. The smallest absolute Gasteiger partial charge is 0.0704 e. The van der Waals surface area contributed by atoms with Gasteiger partial charge < -0.3 is 0 Å². The number of aromatic nitrogens is 1. The molecule has 1 heterocycles. The summed E-state index contributed by atoms with van der Waals surface area (Å²) in [5.74, 6) is 0. The summed E-state index contributed by atoms with van der Waals surface area (Å²) in [6.07, 6.45) is 4.24. The van der Waals surface area contributed by atoms with E-state index >= 15 is 0 Å². The summed E-state index contributed by atoms with van der Waals surface area (Å²) >= 11 is 0. The molecule has 0 aliphatic heterocycles. The third kappa shape index (κ3) is 2.45. The second kappa shape index (κ2) is 5.34. The largest absolute Gasteiger partial charge is 0.256 e. The van der Waals surface area contributed by atoms with Crippen LogP contribution in [0.1, 0.15) is 39.2 Å². The lowest BCUT2D eigenvalue weighted by Crippen LogP contribution is -2.19. The number of benzene rings is 1. The lowest BCUT2D eigenvalue weighted by Gasteiger charge is -2.27. The Bertz CT molecular complexity index is 498. The van der Waals surface area contributed by atoms with Crippen LogP contribution in [0.2, 0.25) is 0 Å². The highest BCUT2D eigenvalue weighted by atomic mass is 14.7. The first-order valence-corrected chi connectivity index (χ1v) is 6.71. The minimum Gasteiger partial charge on any atom is -0.256 e.